The molecular weight excluding hydrogens is 656 g/mol. The van der Waals surface area contributed by atoms with Gasteiger partial charge in [0.1, 0.15) is 18.2 Å². The fraction of sp³-hybridized carbons (Fsp3) is 0.333. The molecular formula is C42H50N4O6. The highest BCUT2D eigenvalue weighted by molar-refractivity contribution is 5.68. The lowest BCUT2D eigenvalue weighted by atomic mass is 9.77. The number of nitrogens with zero attached hydrogens (tertiary/aromatic N) is 1. The third-order valence-electron chi connectivity index (χ3n) is 9.41. The van der Waals surface area contributed by atoms with Gasteiger partial charge in [-0.3, -0.25) is 5.43 Å². The van der Waals surface area contributed by atoms with E-state index in [1.54, 1.807) is 0 Å². The normalized spacial score (nSPS) is 14.0. The van der Waals surface area contributed by atoms with Gasteiger partial charge in [-0.25, -0.2) is 9.59 Å². The minimum Gasteiger partial charge on any atom is -0.465 e. The van der Waals surface area contributed by atoms with Gasteiger partial charge in [0.2, 0.25) is 0 Å². The molecule has 4 rings (SSSR count). The highest BCUT2D eigenvalue weighted by atomic mass is 16.4. The second-order valence-corrected chi connectivity index (χ2v) is 13.2. The molecule has 274 valence electrons. The maximum absolute atomic E-state index is 13.0. The number of hydrogen-bond acceptors (Lipinski definition) is 6. The maximum Gasteiger partial charge on any atom is 0.419 e. The number of carboxylic acid groups (broad SMARTS) is 2. The Bertz CT molecular complexity index is 1640. The zero-order valence-corrected chi connectivity index (χ0v) is 29.5. The molecule has 0 radical (unpaired) electrons. The van der Waals surface area contributed by atoms with Crippen LogP contribution in [0.4, 0.5) is 9.59 Å². The van der Waals surface area contributed by atoms with Gasteiger partial charge in [0.05, 0.1) is 12.1 Å². The van der Waals surface area contributed by atoms with Crippen molar-refractivity contribution in [3.05, 3.63) is 144 Å². The van der Waals surface area contributed by atoms with Crippen molar-refractivity contribution in [3.63, 3.8) is 0 Å². The molecule has 5 N–H and O–H groups in total. The van der Waals surface area contributed by atoms with Crippen LogP contribution in [-0.4, -0.2) is 64.3 Å². The molecule has 2 unspecified atom stereocenters. The van der Waals surface area contributed by atoms with E-state index < -0.39 is 29.8 Å². The Kier molecular flexibility index (Phi) is 16.0. The highest BCUT2D eigenvalue weighted by Crippen LogP contribution is 2.35. The number of rotatable bonds is 23. The van der Waals surface area contributed by atoms with Crippen LogP contribution in [0.15, 0.2) is 121 Å². The van der Waals surface area contributed by atoms with Gasteiger partial charge in [0.15, 0.2) is 0 Å². The molecule has 52 heavy (non-hydrogen) atoms. The lowest BCUT2D eigenvalue weighted by Gasteiger charge is -2.50. The number of nitrogens with one attached hydrogen (secondary N) is 3. The lowest BCUT2D eigenvalue weighted by molar-refractivity contribution is -0.122. The molecule has 4 aromatic carbocycles. The van der Waals surface area contributed by atoms with Gasteiger partial charge in [-0.05, 0) is 60.9 Å². The van der Waals surface area contributed by atoms with Gasteiger partial charge in [0.25, 0.3) is 0 Å². The predicted molar refractivity (Wildman–Crippen MR) is 202 cm³/mol. The number of benzene rings is 4. The molecule has 0 aliphatic rings. The first-order valence-corrected chi connectivity index (χ1v) is 17.9. The van der Waals surface area contributed by atoms with Crippen molar-refractivity contribution in [2.45, 2.75) is 75.5 Å². The molecule has 0 aliphatic carbocycles. The molecule has 10 nitrogen and oxygen atoms in total. The number of amides is 2. The van der Waals surface area contributed by atoms with Crippen molar-refractivity contribution in [2.75, 3.05) is 6.54 Å². The summed E-state index contributed by atoms with van der Waals surface area (Å²) >= 11 is 0. The number of aldehydes is 2. The third kappa shape index (κ3) is 12.5. The summed E-state index contributed by atoms with van der Waals surface area (Å²) in [5.74, 6) is -0.472. The zero-order valence-electron chi connectivity index (χ0n) is 29.5. The Morgan fingerprint density at radius 2 is 1.12 bits per heavy atom. The average molecular weight is 707 g/mol. The van der Waals surface area contributed by atoms with Crippen molar-refractivity contribution in [2.24, 2.45) is 5.92 Å². The number of unbranched alkanes of at least 4 members (excludes halogenated alkanes) is 3. The molecule has 0 spiro atoms. The predicted octanol–water partition coefficient (Wildman–Crippen LogP) is 6.70. The van der Waals surface area contributed by atoms with Crippen molar-refractivity contribution < 1.29 is 29.4 Å². The molecule has 10 heteroatoms. The first kappa shape index (κ1) is 39.5. The van der Waals surface area contributed by atoms with Crippen LogP contribution in [0.3, 0.4) is 0 Å². The van der Waals surface area contributed by atoms with E-state index in [9.17, 15) is 29.4 Å². The zero-order chi connectivity index (χ0) is 37.0. The van der Waals surface area contributed by atoms with Crippen LogP contribution in [0.5, 0.6) is 0 Å². The quantitative estimate of drug-likeness (QED) is 0.0248. The van der Waals surface area contributed by atoms with Crippen LogP contribution in [0.1, 0.15) is 54.4 Å². The molecule has 2 amide bonds. The van der Waals surface area contributed by atoms with Crippen LogP contribution in [0.25, 0.3) is 0 Å². The van der Waals surface area contributed by atoms with E-state index in [1.165, 1.54) is 5.01 Å². The van der Waals surface area contributed by atoms with Crippen LogP contribution < -0.4 is 16.1 Å². The second-order valence-electron chi connectivity index (χ2n) is 13.2. The summed E-state index contributed by atoms with van der Waals surface area (Å²) in [5, 5.41) is 28.1. The fourth-order valence-corrected chi connectivity index (χ4v) is 6.96. The molecule has 4 atom stereocenters. The smallest absolute Gasteiger partial charge is 0.419 e. The number of carbonyl (C=O) groups is 4. The Balaban J connectivity index is 1.62. The van der Waals surface area contributed by atoms with E-state index >= 15 is 0 Å². The Labute approximate surface area is 306 Å². The van der Waals surface area contributed by atoms with E-state index in [2.05, 4.69) is 16.1 Å². The van der Waals surface area contributed by atoms with Crippen LogP contribution in [0, 0.1) is 5.92 Å². The van der Waals surface area contributed by atoms with Crippen LogP contribution in [-0.2, 0) is 35.3 Å². The topological polar surface area (TPSA) is 148 Å². The molecule has 0 saturated carbocycles. The number of hydrazine groups is 1. The molecule has 0 aliphatic heterocycles. The minimum atomic E-state index is -1.57. The van der Waals surface area contributed by atoms with E-state index in [1.807, 2.05) is 121 Å². The summed E-state index contributed by atoms with van der Waals surface area (Å²) < 4.78 is 0. The molecule has 4 aromatic rings. The van der Waals surface area contributed by atoms with E-state index in [-0.39, 0.29) is 18.9 Å². The average Bonchev–Trinajstić information content (AvgIpc) is 3.16. The monoisotopic (exact) mass is 706 g/mol. The molecule has 0 aromatic heterocycles. The van der Waals surface area contributed by atoms with Gasteiger partial charge in [-0.15, -0.1) is 0 Å². The first-order valence-electron chi connectivity index (χ1n) is 17.9. The summed E-state index contributed by atoms with van der Waals surface area (Å²) in [6.07, 6.45) is 4.00. The van der Waals surface area contributed by atoms with Gasteiger partial charge in [-0.1, -0.05) is 141 Å². The minimum absolute atomic E-state index is 0.0927. The van der Waals surface area contributed by atoms with Gasteiger partial charge in [-0.2, -0.15) is 5.01 Å². The third-order valence-corrected chi connectivity index (χ3v) is 9.41. The van der Waals surface area contributed by atoms with Gasteiger partial charge >= 0.3 is 12.2 Å². The second kappa shape index (κ2) is 21.1. The largest absolute Gasteiger partial charge is 0.465 e. The van der Waals surface area contributed by atoms with Crippen LogP contribution >= 0.6 is 0 Å². The number of carbonyl (C=O) groups excluding carboxylic acids is 2. The summed E-state index contributed by atoms with van der Waals surface area (Å²) in [5.41, 5.74) is 4.55. The van der Waals surface area contributed by atoms with Crippen molar-refractivity contribution in [1.82, 2.24) is 21.1 Å². The van der Waals surface area contributed by atoms with Crippen molar-refractivity contribution >= 4 is 24.8 Å². The van der Waals surface area contributed by atoms with E-state index in [4.69, 9.17) is 0 Å². The molecule has 0 saturated heterocycles. The Hall–Kier alpha value is -5.32. The Morgan fingerprint density at radius 1 is 0.615 bits per heavy atom. The van der Waals surface area contributed by atoms with Gasteiger partial charge < -0.3 is 30.4 Å². The first-order chi connectivity index (χ1) is 25.3. The molecule has 0 heterocycles. The SMILES string of the molecule is O=CC(Cc1ccccc1)NCCCCCC[C@@H](Cc1ccccc1)C(Cc1ccccc1)(NC(=O)O)N(NC(=O)O)[C@H](C=O)Cc1ccccc1. The summed E-state index contributed by atoms with van der Waals surface area (Å²) in [6.45, 7) is 0.680. The summed E-state index contributed by atoms with van der Waals surface area (Å²) in [4.78, 5) is 50.0. The van der Waals surface area contributed by atoms with E-state index in [0.717, 1.165) is 54.2 Å². The Morgan fingerprint density at radius 3 is 1.62 bits per heavy atom. The van der Waals surface area contributed by atoms with Crippen LogP contribution in [0.2, 0.25) is 0 Å². The highest BCUT2D eigenvalue weighted by Gasteiger charge is 2.49. The molecule has 0 fully saturated rings. The summed E-state index contributed by atoms with van der Waals surface area (Å²) in [6, 6.07) is 36.8. The molecule has 0 bridgehead atoms. The fourth-order valence-electron chi connectivity index (χ4n) is 6.96. The standard InChI is InChI=1S/C42H50N4O6/c47-31-38(28-34-19-9-4-10-20-34)43-26-16-2-1-15-25-37(27-33-17-7-3-8-18-33)42(44-40(49)50,30-36-23-13-6-14-24-36)46(45-41(51)52)39(32-48)29-35-21-11-5-12-22-35/h3-14,17-24,31-32,37-39,43-45H,1-2,15-16,25-30H2,(H,49,50)(H,51,52)/t37-,38?,39-,42?/m0/s1. The van der Waals surface area contributed by atoms with Crippen molar-refractivity contribution in [1.29, 1.82) is 0 Å². The lowest BCUT2D eigenvalue weighted by Crippen LogP contribution is -2.73. The summed E-state index contributed by atoms with van der Waals surface area (Å²) in [7, 11) is 0. The van der Waals surface area contributed by atoms with E-state index in [0.29, 0.717) is 32.1 Å². The van der Waals surface area contributed by atoms with Crippen molar-refractivity contribution in [3.8, 4) is 0 Å². The maximum atomic E-state index is 13.0. The number of hydrogen-bond donors (Lipinski definition) is 5. The van der Waals surface area contributed by atoms with Gasteiger partial charge in [0, 0.05) is 12.3 Å².